The third kappa shape index (κ3) is 3.80. The Labute approximate surface area is 161 Å². The number of nitro benzene ring substituents is 1. The zero-order valence-electron chi connectivity index (χ0n) is 15.2. The summed E-state index contributed by atoms with van der Waals surface area (Å²) in [6.45, 7) is 2.53. The van der Waals surface area contributed by atoms with E-state index in [0.29, 0.717) is 23.8 Å². The van der Waals surface area contributed by atoms with Gasteiger partial charge in [0.15, 0.2) is 5.82 Å². The Morgan fingerprint density at radius 3 is 2.82 bits per heavy atom. The zero-order chi connectivity index (χ0) is 19.5. The van der Waals surface area contributed by atoms with E-state index in [1.54, 1.807) is 12.1 Å². The number of rotatable bonds is 6. The molecule has 0 amide bonds. The molecule has 1 aromatic carbocycles. The molecule has 4 rings (SSSR count). The van der Waals surface area contributed by atoms with Crippen LogP contribution in [0.5, 0.6) is 0 Å². The van der Waals surface area contributed by atoms with Crippen molar-refractivity contribution in [3.8, 4) is 11.4 Å². The van der Waals surface area contributed by atoms with Crippen molar-refractivity contribution in [1.82, 2.24) is 19.4 Å². The van der Waals surface area contributed by atoms with Gasteiger partial charge in [-0.1, -0.05) is 18.2 Å². The molecule has 0 spiro atoms. The first kappa shape index (κ1) is 17.6. The Morgan fingerprint density at radius 1 is 1.11 bits per heavy atom. The van der Waals surface area contributed by atoms with Gasteiger partial charge in [0, 0.05) is 54.8 Å². The quantitative estimate of drug-likeness (QED) is 0.408. The highest BCUT2D eigenvalue weighted by molar-refractivity contribution is 5.61. The number of hydrogen-bond acceptors (Lipinski definition) is 6. The fraction of sp³-hybridized carbons (Fsp3) is 0.150. The van der Waals surface area contributed by atoms with E-state index in [1.165, 1.54) is 12.1 Å². The predicted molar refractivity (Wildman–Crippen MR) is 106 cm³/mol. The Morgan fingerprint density at radius 2 is 2.00 bits per heavy atom. The van der Waals surface area contributed by atoms with E-state index in [2.05, 4.69) is 20.3 Å². The molecule has 140 valence electrons. The third-order valence-corrected chi connectivity index (χ3v) is 4.27. The van der Waals surface area contributed by atoms with Crippen LogP contribution in [0.4, 0.5) is 11.5 Å². The second kappa shape index (κ2) is 7.43. The van der Waals surface area contributed by atoms with Gasteiger partial charge in [0.05, 0.1) is 10.6 Å². The summed E-state index contributed by atoms with van der Waals surface area (Å²) in [5.74, 6) is 1.14. The Balaban J connectivity index is 1.49. The van der Waals surface area contributed by atoms with Crippen molar-refractivity contribution in [3.63, 3.8) is 0 Å². The molecule has 0 aliphatic carbocycles. The minimum absolute atomic E-state index is 0.0176. The number of aromatic nitrogens is 4. The van der Waals surface area contributed by atoms with Crippen molar-refractivity contribution in [1.29, 1.82) is 0 Å². The number of hydrogen-bond donors (Lipinski definition) is 1. The number of pyridine rings is 1. The minimum Gasteiger partial charge on any atom is -0.370 e. The fourth-order valence-electron chi connectivity index (χ4n) is 2.97. The highest BCUT2D eigenvalue weighted by Crippen LogP contribution is 2.22. The van der Waals surface area contributed by atoms with Gasteiger partial charge in [0.25, 0.3) is 5.69 Å². The first-order valence-corrected chi connectivity index (χ1v) is 8.85. The Kier molecular flexibility index (Phi) is 4.67. The summed E-state index contributed by atoms with van der Waals surface area (Å²) < 4.78 is 1.99. The molecular formula is C20H18N6O2. The zero-order valence-corrected chi connectivity index (χ0v) is 15.2. The molecule has 3 heterocycles. The van der Waals surface area contributed by atoms with Crippen LogP contribution in [-0.4, -0.2) is 30.8 Å². The maximum atomic E-state index is 11.0. The predicted octanol–water partition coefficient (Wildman–Crippen LogP) is 3.66. The van der Waals surface area contributed by atoms with Gasteiger partial charge >= 0.3 is 0 Å². The van der Waals surface area contributed by atoms with Gasteiger partial charge in [-0.2, -0.15) is 0 Å². The molecule has 8 nitrogen and oxygen atoms in total. The molecule has 0 radical (unpaired) electrons. The summed E-state index contributed by atoms with van der Waals surface area (Å²) in [6.07, 6.45) is 4.73. The molecule has 0 saturated heterocycles. The second-order valence-electron chi connectivity index (χ2n) is 6.40. The van der Waals surface area contributed by atoms with Crippen molar-refractivity contribution in [3.05, 3.63) is 82.4 Å². The molecule has 0 aliphatic rings. The number of anilines is 1. The van der Waals surface area contributed by atoms with Crippen molar-refractivity contribution >= 4 is 17.2 Å². The maximum Gasteiger partial charge on any atom is 0.270 e. The van der Waals surface area contributed by atoms with Gasteiger partial charge < -0.3 is 9.72 Å². The number of fused-ring (bicyclic) bond motifs is 1. The molecule has 4 aromatic rings. The van der Waals surface area contributed by atoms with E-state index in [-0.39, 0.29) is 5.69 Å². The van der Waals surface area contributed by atoms with E-state index in [0.717, 1.165) is 23.5 Å². The van der Waals surface area contributed by atoms with Crippen LogP contribution in [0.3, 0.4) is 0 Å². The molecule has 0 aliphatic heterocycles. The molecule has 0 unspecified atom stereocenters. The lowest BCUT2D eigenvalue weighted by molar-refractivity contribution is -0.384. The summed E-state index contributed by atoms with van der Waals surface area (Å²) in [4.78, 5) is 24.1. The largest absolute Gasteiger partial charge is 0.370 e. The van der Waals surface area contributed by atoms with Crippen LogP contribution < -0.4 is 5.32 Å². The molecule has 0 saturated carbocycles. The number of aryl methyl sites for hydroxylation is 1. The van der Waals surface area contributed by atoms with Crippen LogP contribution in [-0.2, 0) is 6.42 Å². The maximum absolute atomic E-state index is 11.0. The summed E-state index contributed by atoms with van der Waals surface area (Å²) >= 11 is 0. The van der Waals surface area contributed by atoms with Gasteiger partial charge in [0.2, 0.25) is 0 Å². The lowest BCUT2D eigenvalue weighted by Gasteiger charge is -2.08. The molecule has 3 aromatic heterocycles. The Hall–Kier alpha value is -3.81. The average molecular weight is 374 g/mol. The minimum atomic E-state index is -0.423. The molecule has 28 heavy (non-hydrogen) atoms. The van der Waals surface area contributed by atoms with Gasteiger partial charge in [-0.15, -0.1) is 0 Å². The summed E-state index contributed by atoms with van der Waals surface area (Å²) in [5, 5.41) is 14.3. The number of nitrogens with zero attached hydrogens (tertiary/aromatic N) is 5. The van der Waals surface area contributed by atoms with Crippen LogP contribution in [0.1, 0.15) is 11.4 Å². The topological polar surface area (TPSA) is 98.2 Å². The SMILES string of the molecule is Cc1cc(NCCc2cn3ccccc3n2)nc(-c2cccc([N+](=O)[O-])c2)n1. The number of imidazole rings is 1. The van der Waals surface area contributed by atoms with Gasteiger partial charge in [-0.25, -0.2) is 15.0 Å². The molecule has 0 atom stereocenters. The Bertz CT molecular complexity index is 1120. The van der Waals surface area contributed by atoms with Crippen molar-refractivity contribution < 1.29 is 4.92 Å². The van der Waals surface area contributed by atoms with Crippen LogP contribution in [0.2, 0.25) is 0 Å². The summed E-state index contributed by atoms with van der Waals surface area (Å²) in [6, 6.07) is 14.1. The monoisotopic (exact) mass is 374 g/mol. The van der Waals surface area contributed by atoms with E-state index in [1.807, 2.05) is 48.0 Å². The van der Waals surface area contributed by atoms with E-state index >= 15 is 0 Å². The van der Waals surface area contributed by atoms with Crippen LogP contribution >= 0.6 is 0 Å². The van der Waals surface area contributed by atoms with Gasteiger partial charge in [-0.3, -0.25) is 10.1 Å². The van der Waals surface area contributed by atoms with Gasteiger partial charge in [-0.05, 0) is 19.1 Å². The molecular weight excluding hydrogens is 356 g/mol. The highest BCUT2D eigenvalue weighted by Gasteiger charge is 2.10. The number of nitrogens with one attached hydrogen (secondary N) is 1. The molecule has 0 bridgehead atoms. The third-order valence-electron chi connectivity index (χ3n) is 4.27. The van der Waals surface area contributed by atoms with Crippen molar-refractivity contribution in [2.45, 2.75) is 13.3 Å². The normalized spacial score (nSPS) is 10.9. The van der Waals surface area contributed by atoms with E-state index in [4.69, 9.17) is 0 Å². The van der Waals surface area contributed by atoms with E-state index < -0.39 is 4.92 Å². The molecule has 1 N–H and O–H groups in total. The highest BCUT2D eigenvalue weighted by atomic mass is 16.6. The summed E-state index contributed by atoms with van der Waals surface area (Å²) in [7, 11) is 0. The number of non-ortho nitro benzene ring substituents is 1. The second-order valence-corrected chi connectivity index (χ2v) is 6.40. The van der Waals surface area contributed by atoms with Crippen LogP contribution in [0.15, 0.2) is 60.9 Å². The average Bonchev–Trinajstić information content (AvgIpc) is 3.10. The first-order chi connectivity index (χ1) is 13.6. The number of nitro groups is 1. The summed E-state index contributed by atoms with van der Waals surface area (Å²) in [5.41, 5.74) is 3.32. The fourth-order valence-corrected chi connectivity index (χ4v) is 2.97. The van der Waals surface area contributed by atoms with E-state index in [9.17, 15) is 10.1 Å². The van der Waals surface area contributed by atoms with Crippen molar-refractivity contribution in [2.75, 3.05) is 11.9 Å². The standard InChI is InChI=1S/C20H18N6O2/c1-14-11-18(21-9-8-16-13-25-10-3-2-7-19(25)23-16)24-20(22-14)15-5-4-6-17(12-15)26(27)28/h2-7,10-13H,8-9H2,1H3,(H,21,22,24). The van der Waals surface area contributed by atoms with Crippen LogP contribution in [0.25, 0.3) is 17.0 Å². The lowest BCUT2D eigenvalue weighted by atomic mass is 10.2. The van der Waals surface area contributed by atoms with Gasteiger partial charge in [0.1, 0.15) is 11.5 Å². The molecule has 0 fully saturated rings. The number of benzene rings is 1. The first-order valence-electron chi connectivity index (χ1n) is 8.85. The molecule has 8 heteroatoms. The smallest absolute Gasteiger partial charge is 0.270 e. The van der Waals surface area contributed by atoms with Crippen LogP contribution in [0, 0.1) is 17.0 Å². The lowest BCUT2D eigenvalue weighted by Crippen LogP contribution is -2.08. The van der Waals surface area contributed by atoms with Crippen molar-refractivity contribution in [2.24, 2.45) is 0 Å².